The summed E-state index contributed by atoms with van der Waals surface area (Å²) in [5.74, 6) is 0.741. The van der Waals surface area contributed by atoms with Gasteiger partial charge in [-0.15, -0.1) is 0 Å². The second-order valence-corrected chi connectivity index (χ2v) is 4.28. The lowest BCUT2D eigenvalue weighted by Crippen LogP contribution is -2.44. The van der Waals surface area contributed by atoms with Crippen molar-refractivity contribution in [1.82, 2.24) is 15.2 Å². The molecular weight excluding hydrogens is 214 g/mol. The van der Waals surface area contributed by atoms with Crippen LogP contribution in [0.2, 0.25) is 0 Å². The summed E-state index contributed by atoms with van der Waals surface area (Å²) in [6, 6.07) is 4.12. The number of piperazine rings is 1. The van der Waals surface area contributed by atoms with Gasteiger partial charge in [0.1, 0.15) is 0 Å². The zero-order valence-electron chi connectivity index (χ0n) is 10.5. The predicted octanol–water partition coefficient (Wildman–Crippen LogP) is 0.928. The smallest absolute Gasteiger partial charge is 0.213 e. The third-order valence-electron chi connectivity index (χ3n) is 3.02. The molecule has 0 radical (unpaired) electrons. The van der Waals surface area contributed by atoms with Crippen molar-refractivity contribution in [2.24, 2.45) is 0 Å². The molecule has 17 heavy (non-hydrogen) atoms. The van der Waals surface area contributed by atoms with Crippen molar-refractivity contribution in [3.63, 3.8) is 0 Å². The number of hydrogen-bond acceptors (Lipinski definition) is 4. The van der Waals surface area contributed by atoms with Crippen LogP contribution < -0.4 is 10.1 Å². The molecule has 1 aliphatic heterocycles. The van der Waals surface area contributed by atoms with E-state index in [4.69, 9.17) is 4.74 Å². The number of aromatic nitrogens is 1. The van der Waals surface area contributed by atoms with Crippen LogP contribution in [0, 0.1) is 0 Å². The van der Waals surface area contributed by atoms with Crippen molar-refractivity contribution in [1.29, 1.82) is 0 Å². The SMILES string of the molecule is CCOc1cc(CCN2CCNCC2)ccn1. The molecule has 0 unspecified atom stereocenters. The van der Waals surface area contributed by atoms with E-state index in [1.807, 2.05) is 19.2 Å². The van der Waals surface area contributed by atoms with Gasteiger partial charge >= 0.3 is 0 Å². The monoisotopic (exact) mass is 235 g/mol. The lowest BCUT2D eigenvalue weighted by atomic mass is 10.2. The van der Waals surface area contributed by atoms with Crippen LogP contribution in [0.25, 0.3) is 0 Å². The van der Waals surface area contributed by atoms with E-state index in [1.54, 1.807) is 0 Å². The first-order valence-corrected chi connectivity index (χ1v) is 6.39. The zero-order chi connectivity index (χ0) is 11.9. The topological polar surface area (TPSA) is 37.4 Å². The fraction of sp³-hybridized carbons (Fsp3) is 0.615. The van der Waals surface area contributed by atoms with Crippen molar-refractivity contribution in [2.45, 2.75) is 13.3 Å². The van der Waals surface area contributed by atoms with Gasteiger partial charge in [0.15, 0.2) is 0 Å². The van der Waals surface area contributed by atoms with Crippen LogP contribution in [-0.4, -0.2) is 49.2 Å². The van der Waals surface area contributed by atoms with E-state index in [-0.39, 0.29) is 0 Å². The van der Waals surface area contributed by atoms with Gasteiger partial charge in [0.05, 0.1) is 6.61 Å². The molecule has 0 saturated carbocycles. The molecule has 4 nitrogen and oxygen atoms in total. The lowest BCUT2D eigenvalue weighted by molar-refractivity contribution is 0.243. The van der Waals surface area contributed by atoms with Crippen LogP contribution in [0.1, 0.15) is 12.5 Å². The van der Waals surface area contributed by atoms with Gasteiger partial charge in [-0.2, -0.15) is 0 Å². The summed E-state index contributed by atoms with van der Waals surface area (Å²) in [6.45, 7) is 8.31. The highest BCUT2D eigenvalue weighted by atomic mass is 16.5. The average molecular weight is 235 g/mol. The van der Waals surface area contributed by atoms with Crippen LogP contribution >= 0.6 is 0 Å². The normalized spacial score (nSPS) is 17.0. The van der Waals surface area contributed by atoms with Gasteiger partial charge in [0.25, 0.3) is 0 Å². The Hall–Kier alpha value is -1.13. The molecule has 0 amide bonds. The van der Waals surface area contributed by atoms with E-state index in [9.17, 15) is 0 Å². The molecule has 2 heterocycles. The minimum atomic E-state index is 0.675. The summed E-state index contributed by atoms with van der Waals surface area (Å²) in [5, 5.41) is 3.37. The van der Waals surface area contributed by atoms with Crippen LogP contribution in [0.3, 0.4) is 0 Å². The number of ether oxygens (including phenoxy) is 1. The molecular formula is C13H21N3O. The second kappa shape index (κ2) is 6.57. The van der Waals surface area contributed by atoms with E-state index in [2.05, 4.69) is 21.3 Å². The summed E-state index contributed by atoms with van der Waals surface area (Å²) in [4.78, 5) is 6.68. The second-order valence-electron chi connectivity index (χ2n) is 4.28. The Labute approximate surface area is 103 Å². The van der Waals surface area contributed by atoms with Gasteiger partial charge < -0.3 is 15.0 Å². The summed E-state index contributed by atoms with van der Waals surface area (Å²) in [6.07, 6.45) is 2.90. The Morgan fingerprint density at radius 3 is 3.00 bits per heavy atom. The summed E-state index contributed by atoms with van der Waals surface area (Å²) in [5.41, 5.74) is 1.31. The predicted molar refractivity (Wildman–Crippen MR) is 68.4 cm³/mol. The van der Waals surface area contributed by atoms with Gasteiger partial charge in [0.2, 0.25) is 5.88 Å². The largest absolute Gasteiger partial charge is 0.478 e. The molecule has 1 aliphatic rings. The van der Waals surface area contributed by atoms with E-state index in [0.29, 0.717) is 6.61 Å². The van der Waals surface area contributed by atoms with Crippen LogP contribution in [-0.2, 0) is 6.42 Å². The van der Waals surface area contributed by atoms with E-state index in [1.165, 1.54) is 5.56 Å². The van der Waals surface area contributed by atoms with E-state index < -0.39 is 0 Å². The molecule has 1 aromatic rings. The molecule has 1 saturated heterocycles. The Kier molecular flexibility index (Phi) is 4.76. The zero-order valence-corrected chi connectivity index (χ0v) is 10.5. The summed E-state index contributed by atoms with van der Waals surface area (Å²) >= 11 is 0. The van der Waals surface area contributed by atoms with Crippen molar-refractivity contribution < 1.29 is 4.74 Å². The van der Waals surface area contributed by atoms with Crippen molar-refractivity contribution in [3.05, 3.63) is 23.9 Å². The highest BCUT2D eigenvalue weighted by Gasteiger charge is 2.09. The first kappa shape index (κ1) is 12.3. The summed E-state index contributed by atoms with van der Waals surface area (Å²) in [7, 11) is 0. The maximum absolute atomic E-state index is 5.40. The molecule has 0 bridgehead atoms. The minimum Gasteiger partial charge on any atom is -0.478 e. The van der Waals surface area contributed by atoms with Gasteiger partial charge in [-0.1, -0.05) is 0 Å². The minimum absolute atomic E-state index is 0.675. The van der Waals surface area contributed by atoms with Crippen LogP contribution in [0.4, 0.5) is 0 Å². The number of nitrogens with one attached hydrogen (secondary N) is 1. The molecule has 1 aromatic heterocycles. The fourth-order valence-electron chi connectivity index (χ4n) is 2.05. The third-order valence-corrected chi connectivity index (χ3v) is 3.02. The number of hydrogen-bond donors (Lipinski definition) is 1. The molecule has 4 heteroatoms. The fourth-order valence-corrected chi connectivity index (χ4v) is 2.05. The molecule has 0 aromatic carbocycles. The molecule has 0 aliphatic carbocycles. The molecule has 0 spiro atoms. The maximum Gasteiger partial charge on any atom is 0.213 e. The average Bonchev–Trinajstić information content (AvgIpc) is 2.39. The van der Waals surface area contributed by atoms with Gasteiger partial charge in [-0.25, -0.2) is 4.98 Å². The highest BCUT2D eigenvalue weighted by molar-refractivity contribution is 5.20. The molecule has 1 fully saturated rings. The third kappa shape index (κ3) is 3.98. The first-order valence-electron chi connectivity index (χ1n) is 6.39. The van der Waals surface area contributed by atoms with E-state index in [0.717, 1.165) is 45.0 Å². The van der Waals surface area contributed by atoms with Gasteiger partial charge in [-0.3, -0.25) is 0 Å². The Morgan fingerprint density at radius 2 is 2.24 bits per heavy atom. The molecule has 94 valence electrons. The number of rotatable bonds is 5. The van der Waals surface area contributed by atoms with Crippen molar-refractivity contribution in [3.8, 4) is 5.88 Å². The Bertz CT molecular complexity index is 337. The number of pyridine rings is 1. The number of nitrogens with zero attached hydrogens (tertiary/aromatic N) is 2. The summed E-state index contributed by atoms with van der Waals surface area (Å²) < 4.78 is 5.40. The van der Waals surface area contributed by atoms with Crippen molar-refractivity contribution in [2.75, 3.05) is 39.3 Å². The molecule has 1 N–H and O–H groups in total. The quantitative estimate of drug-likeness (QED) is 0.824. The van der Waals surface area contributed by atoms with Gasteiger partial charge in [-0.05, 0) is 25.0 Å². The Morgan fingerprint density at radius 1 is 1.41 bits per heavy atom. The molecule has 0 atom stereocenters. The van der Waals surface area contributed by atoms with Crippen LogP contribution in [0.15, 0.2) is 18.3 Å². The van der Waals surface area contributed by atoms with Crippen molar-refractivity contribution >= 4 is 0 Å². The first-order chi connectivity index (χ1) is 8.38. The maximum atomic E-state index is 5.40. The van der Waals surface area contributed by atoms with Crippen LogP contribution in [0.5, 0.6) is 5.88 Å². The highest BCUT2D eigenvalue weighted by Crippen LogP contribution is 2.10. The Balaban J connectivity index is 1.83. The van der Waals surface area contributed by atoms with Gasteiger partial charge in [0, 0.05) is 45.0 Å². The van der Waals surface area contributed by atoms with E-state index >= 15 is 0 Å². The lowest BCUT2D eigenvalue weighted by Gasteiger charge is -2.27. The standard InChI is InChI=1S/C13H21N3O/c1-2-17-13-11-12(3-5-15-13)4-8-16-9-6-14-7-10-16/h3,5,11,14H,2,4,6-10H2,1H3. The molecule has 2 rings (SSSR count).